The molecule has 3 aromatic carbocycles. The third-order valence-corrected chi connectivity index (χ3v) is 4.74. The number of methoxy groups -OCH3 is 2. The van der Waals surface area contributed by atoms with Crippen LogP contribution in [0.3, 0.4) is 0 Å². The molecule has 4 rings (SSSR count). The molecule has 0 spiro atoms. The van der Waals surface area contributed by atoms with E-state index in [2.05, 4.69) is 15.6 Å². The predicted molar refractivity (Wildman–Crippen MR) is 120 cm³/mol. The van der Waals surface area contributed by atoms with Crippen molar-refractivity contribution in [1.29, 1.82) is 0 Å². The number of fused-ring (bicyclic) bond motifs is 1. The van der Waals surface area contributed by atoms with Crippen LogP contribution in [0.25, 0.3) is 10.9 Å². The number of aromatic nitrogens is 1. The smallest absolute Gasteiger partial charge is 0.323 e. The molecule has 0 radical (unpaired) electrons. The van der Waals surface area contributed by atoms with E-state index >= 15 is 0 Å². The number of rotatable bonds is 6. The first-order valence-electron chi connectivity index (χ1n) is 9.79. The van der Waals surface area contributed by atoms with Crippen LogP contribution in [0.4, 0.5) is 25.0 Å². The molecule has 9 heteroatoms. The molecule has 0 fully saturated rings. The van der Waals surface area contributed by atoms with E-state index in [1.807, 2.05) is 0 Å². The lowest BCUT2D eigenvalue weighted by Crippen LogP contribution is -2.20. The molecule has 2 amide bonds. The van der Waals surface area contributed by atoms with Gasteiger partial charge in [0.05, 0.1) is 25.4 Å². The van der Waals surface area contributed by atoms with Gasteiger partial charge in [0, 0.05) is 29.4 Å². The number of amides is 2. The Morgan fingerprint density at radius 3 is 2.30 bits per heavy atom. The average Bonchev–Trinajstić information content (AvgIpc) is 2.81. The predicted octanol–water partition coefficient (Wildman–Crippen LogP) is 5.97. The Bertz CT molecular complexity index is 1330. The molecule has 0 aliphatic carbocycles. The number of carbonyl (C=O) groups is 1. The van der Waals surface area contributed by atoms with E-state index in [4.69, 9.17) is 14.2 Å². The summed E-state index contributed by atoms with van der Waals surface area (Å²) in [7, 11) is 3.03. The van der Waals surface area contributed by atoms with Crippen LogP contribution in [0.15, 0.2) is 66.9 Å². The largest absolute Gasteiger partial charge is 0.493 e. The molecule has 168 valence electrons. The van der Waals surface area contributed by atoms with Crippen LogP contribution in [0.2, 0.25) is 0 Å². The van der Waals surface area contributed by atoms with Crippen LogP contribution < -0.4 is 24.8 Å². The summed E-state index contributed by atoms with van der Waals surface area (Å²) in [4.78, 5) is 16.4. The maximum absolute atomic E-state index is 14.7. The van der Waals surface area contributed by atoms with Crippen molar-refractivity contribution in [3.8, 4) is 23.0 Å². The highest BCUT2D eigenvalue weighted by molar-refractivity contribution is 5.99. The van der Waals surface area contributed by atoms with E-state index in [1.165, 1.54) is 50.7 Å². The highest BCUT2D eigenvalue weighted by atomic mass is 19.1. The van der Waals surface area contributed by atoms with Gasteiger partial charge in [0.1, 0.15) is 11.6 Å². The fraction of sp³-hybridized carbons (Fsp3) is 0.0833. The Morgan fingerprint density at radius 1 is 0.818 bits per heavy atom. The summed E-state index contributed by atoms with van der Waals surface area (Å²) in [6.07, 6.45) is 1.53. The molecular formula is C24H19F2N3O4. The van der Waals surface area contributed by atoms with Gasteiger partial charge < -0.3 is 24.8 Å². The molecule has 0 unspecified atom stereocenters. The van der Waals surface area contributed by atoms with Crippen molar-refractivity contribution in [3.63, 3.8) is 0 Å². The van der Waals surface area contributed by atoms with E-state index in [1.54, 1.807) is 24.3 Å². The maximum atomic E-state index is 14.7. The van der Waals surface area contributed by atoms with Crippen molar-refractivity contribution in [2.45, 2.75) is 0 Å². The van der Waals surface area contributed by atoms with Gasteiger partial charge >= 0.3 is 6.03 Å². The van der Waals surface area contributed by atoms with Crippen molar-refractivity contribution >= 4 is 28.3 Å². The summed E-state index contributed by atoms with van der Waals surface area (Å²) in [6, 6.07) is 13.9. The maximum Gasteiger partial charge on any atom is 0.323 e. The first-order valence-corrected chi connectivity index (χ1v) is 9.79. The van der Waals surface area contributed by atoms with Crippen molar-refractivity contribution in [2.24, 2.45) is 0 Å². The van der Waals surface area contributed by atoms with Gasteiger partial charge in [-0.25, -0.2) is 13.6 Å². The van der Waals surface area contributed by atoms with Crippen LogP contribution in [-0.2, 0) is 0 Å². The van der Waals surface area contributed by atoms with Crippen LogP contribution in [0, 0.1) is 11.6 Å². The number of para-hydroxylation sites is 1. The normalized spacial score (nSPS) is 10.5. The van der Waals surface area contributed by atoms with Gasteiger partial charge in [0.25, 0.3) is 0 Å². The molecule has 7 nitrogen and oxygen atoms in total. The van der Waals surface area contributed by atoms with Crippen LogP contribution in [0.1, 0.15) is 0 Å². The Labute approximate surface area is 187 Å². The second-order valence-corrected chi connectivity index (χ2v) is 6.84. The molecule has 1 heterocycles. The summed E-state index contributed by atoms with van der Waals surface area (Å²) >= 11 is 0. The number of hydrogen-bond donors (Lipinski definition) is 2. The Morgan fingerprint density at radius 2 is 1.58 bits per heavy atom. The Hall–Kier alpha value is -4.40. The quantitative estimate of drug-likeness (QED) is 0.378. The van der Waals surface area contributed by atoms with Gasteiger partial charge in [0.15, 0.2) is 23.1 Å². The fourth-order valence-electron chi connectivity index (χ4n) is 3.16. The molecule has 2 N–H and O–H groups in total. The fourth-order valence-corrected chi connectivity index (χ4v) is 3.16. The number of carbonyl (C=O) groups excluding carboxylic acids is 1. The third kappa shape index (κ3) is 4.77. The second kappa shape index (κ2) is 9.39. The molecular weight excluding hydrogens is 431 g/mol. The minimum atomic E-state index is -0.714. The van der Waals surface area contributed by atoms with Gasteiger partial charge in [-0.1, -0.05) is 12.1 Å². The van der Waals surface area contributed by atoms with E-state index in [0.717, 1.165) is 6.07 Å². The SMILES string of the molecule is COc1cc2nccc(Oc3ccc(N[11C](=O)Nc4ccccc4F)cc3F)c2cc1OC. The minimum Gasteiger partial charge on any atom is -0.493 e. The lowest BCUT2D eigenvalue weighted by atomic mass is 10.1. The molecule has 0 atom stereocenters. The Balaban J connectivity index is 1.54. The monoisotopic (exact) mass is 450 g/mol. The molecule has 0 bridgehead atoms. The molecule has 33 heavy (non-hydrogen) atoms. The highest BCUT2D eigenvalue weighted by Crippen LogP contribution is 2.37. The molecule has 0 aliphatic rings. The topological polar surface area (TPSA) is 81.7 Å². The molecule has 4 aromatic rings. The lowest BCUT2D eigenvalue weighted by Gasteiger charge is -2.13. The van der Waals surface area contributed by atoms with Crippen LogP contribution >= 0.6 is 0 Å². The summed E-state index contributed by atoms with van der Waals surface area (Å²) < 4.78 is 44.8. The van der Waals surface area contributed by atoms with Gasteiger partial charge in [0.2, 0.25) is 0 Å². The van der Waals surface area contributed by atoms with E-state index in [-0.39, 0.29) is 17.1 Å². The number of halogens is 2. The molecule has 0 saturated carbocycles. The van der Waals surface area contributed by atoms with Crippen molar-refractivity contribution in [3.05, 3.63) is 78.5 Å². The van der Waals surface area contributed by atoms with Crippen LogP contribution in [-0.4, -0.2) is 25.2 Å². The molecule has 0 saturated heterocycles. The summed E-state index contributed by atoms with van der Waals surface area (Å²) in [5.74, 6) is -0.00519. The second-order valence-electron chi connectivity index (χ2n) is 6.84. The lowest BCUT2D eigenvalue weighted by molar-refractivity contribution is 0.262. The number of ether oxygens (including phenoxy) is 3. The Kier molecular flexibility index (Phi) is 6.21. The van der Waals surface area contributed by atoms with Crippen molar-refractivity contribution in [2.75, 3.05) is 24.9 Å². The van der Waals surface area contributed by atoms with Crippen LogP contribution in [0.5, 0.6) is 23.0 Å². The van der Waals surface area contributed by atoms with Gasteiger partial charge in [-0.05, 0) is 36.4 Å². The van der Waals surface area contributed by atoms with E-state index in [9.17, 15) is 13.6 Å². The molecule has 0 aliphatic heterocycles. The van der Waals surface area contributed by atoms with Gasteiger partial charge in [-0.2, -0.15) is 0 Å². The van der Waals surface area contributed by atoms with Crippen molar-refractivity contribution in [1.82, 2.24) is 4.98 Å². The number of hydrogen-bond acceptors (Lipinski definition) is 5. The number of benzene rings is 3. The number of urea groups is 1. The summed E-state index contributed by atoms with van der Waals surface area (Å²) in [5.41, 5.74) is 0.750. The zero-order valence-corrected chi connectivity index (χ0v) is 17.7. The van der Waals surface area contributed by atoms with Gasteiger partial charge in [-0.3, -0.25) is 4.98 Å². The van der Waals surface area contributed by atoms with Crippen molar-refractivity contribution < 1.29 is 27.8 Å². The first kappa shape index (κ1) is 21.8. The number of pyridine rings is 1. The number of anilines is 2. The average molecular weight is 450 g/mol. The number of nitrogens with one attached hydrogen (secondary N) is 2. The molecule has 1 aromatic heterocycles. The summed E-state index contributed by atoms with van der Waals surface area (Å²) in [6.45, 7) is 0. The highest BCUT2D eigenvalue weighted by Gasteiger charge is 2.14. The summed E-state index contributed by atoms with van der Waals surface area (Å²) in [5, 5.41) is 5.42. The third-order valence-electron chi connectivity index (χ3n) is 4.74. The van der Waals surface area contributed by atoms with E-state index < -0.39 is 17.7 Å². The zero-order chi connectivity index (χ0) is 23.4. The van der Waals surface area contributed by atoms with E-state index in [0.29, 0.717) is 28.2 Å². The first-order chi connectivity index (χ1) is 16.0. The standard InChI is InChI=1S/C24H19F2N3O4/c1-31-22-12-15-19(13-23(22)32-2)27-10-9-20(15)33-21-8-7-14(11-17(21)26)28-24(30)29-18-6-4-3-5-16(18)25/h3-13H,1-2H3,(H2,28,29,30)/i24-1. The minimum absolute atomic E-state index is 0.00653. The zero-order valence-electron chi connectivity index (χ0n) is 17.7. The number of nitrogens with zero attached hydrogens (tertiary/aromatic N) is 1. The van der Waals surface area contributed by atoms with Gasteiger partial charge in [-0.15, -0.1) is 0 Å².